The van der Waals surface area contributed by atoms with Crippen LogP contribution in [0.4, 0.5) is 4.79 Å². The lowest BCUT2D eigenvalue weighted by atomic mass is 10.1. The van der Waals surface area contributed by atoms with Crippen molar-refractivity contribution in [3.63, 3.8) is 0 Å². The van der Waals surface area contributed by atoms with Gasteiger partial charge < -0.3 is 14.5 Å². The van der Waals surface area contributed by atoms with Crippen molar-refractivity contribution in [2.45, 2.75) is 13.0 Å². The van der Waals surface area contributed by atoms with Gasteiger partial charge in [0.05, 0.1) is 6.54 Å². The lowest BCUT2D eigenvalue weighted by Gasteiger charge is -2.32. The third kappa shape index (κ3) is 3.75. The number of fused-ring (bicyclic) bond motifs is 1. The molecule has 6 heteroatoms. The Bertz CT molecular complexity index is 483. The highest BCUT2D eigenvalue weighted by molar-refractivity contribution is 7.10. The summed E-state index contributed by atoms with van der Waals surface area (Å²) in [6, 6.07) is 2.16. The maximum absolute atomic E-state index is 12.1. The molecule has 1 saturated heterocycles. The first-order valence-electron chi connectivity index (χ1n) is 7.60. The van der Waals surface area contributed by atoms with Crippen LogP contribution in [0.1, 0.15) is 10.4 Å². The standard InChI is InChI=1S/C15H23N3O2S/c1-16-5-7-17(8-6-16)9-10-20-15(19)18-4-2-13-3-11-21-14(13)12-18/h3,11H,2,4-10,12H2,1H3. The minimum absolute atomic E-state index is 0.164. The fraction of sp³-hybridized carbons (Fsp3) is 0.667. The van der Waals surface area contributed by atoms with E-state index < -0.39 is 0 Å². The van der Waals surface area contributed by atoms with Gasteiger partial charge in [-0.3, -0.25) is 4.90 Å². The smallest absolute Gasteiger partial charge is 0.410 e. The zero-order valence-corrected chi connectivity index (χ0v) is 13.4. The van der Waals surface area contributed by atoms with Crippen LogP contribution in [0.25, 0.3) is 0 Å². The van der Waals surface area contributed by atoms with Gasteiger partial charge in [0.2, 0.25) is 0 Å². The maximum atomic E-state index is 12.1. The van der Waals surface area contributed by atoms with Crippen molar-refractivity contribution in [1.29, 1.82) is 0 Å². The molecule has 2 aliphatic rings. The van der Waals surface area contributed by atoms with E-state index in [-0.39, 0.29) is 6.09 Å². The van der Waals surface area contributed by atoms with Gasteiger partial charge in [0, 0.05) is 44.1 Å². The molecule has 3 heterocycles. The van der Waals surface area contributed by atoms with E-state index in [1.54, 1.807) is 11.3 Å². The number of hydrogen-bond donors (Lipinski definition) is 0. The molecule has 0 aliphatic carbocycles. The van der Waals surface area contributed by atoms with Crippen LogP contribution in [0.5, 0.6) is 0 Å². The van der Waals surface area contributed by atoms with Gasteiger partial charge in [0.1, 0.15) is 6.61 Å². The molecule has 1 aromatic heterocycles. The maximum Gasteiger partial charge on any atom is 0.410 e. The first-order chi connectivity index (χ1) is 10.2. The molecule has 0 saturated carbocycles. The van der Waals surface area contributed by atoms with Gasteiger partial charge in [0.15, 0.2) is 0 Å². The van der Waals surface area contributed by atoms with Crippen LogP contribution in [-0.4, -0.2) is 73.7 Å². The molecule has 0 bridgehead atoms. The van der Waals surface area contributed by atoms with Crippen LogP contribution in [-0.2, 0) is 17.7 Å². The lowest BCUT2D eigenvalue weighted by Crippen LogP contribution is -2.46. The SMILES string of the molecule is CN1CCN(CCOC(=O)N2CCc3ccsc3C2)CC1. The molecule has 0 unspecified atom stereocenters. The number of carbonyl (C=O) groups excluding carboxylic acids is 1. The average molecular weight is 309 g/mol. The number of amides is 1. The molecule has 0 N–H and O–H groups in total. The van der Waals surface area contributed by atoms with Gasteiger partial charge in [-0.2, -0.15) is 0 Å². The van der Waals surface area contributed by atoms with Crippen LogP contribution in [0, 0.1) is 0 Å². The topological polar surface area (TPSA) is 36.0 Å². The second-order valence-corrected chi connectivity index (χ2v) is 6.80. The van der Waals surface area contributed by atoms with Gasteiger partial charge in [-0.15, -0.1) is 11.3 Å². The van der Waals surface area contributed by atoms with E-state index in [0.717, 1.165) is 45.7 Å². The monoisotopic (exact) mass is 309 g/mol. The molecule has 0 atom stereocenters. The number of piperazine rings is 1. The summed E-state index contributed by atoms with van der Waals surface area (Å²) in [5.74, 6) is 0. The van der Waals surface area contributed by atoms with Crippen molar-refractivity contribution in [2.75, 3.05) is 52.9 Å². The number of thiophene rings is 1. The lowest BCUT2D eigenvalue weighted by molar-refractivity contribution is 0.0765. The highest BCUT2D eigenvalue weighted by atomic mass is 32.1. The van der Waals surface area contributed by atoms with E-state index in [9.17, 15) is 4.79 Å². The Balaban J connectivity index is 1.39. The molecular formula is C15H23N3O2S. The molecule has 116 valence electrons. The fourth-order valence-electron chi connectivity index (χ4n) is 2.82. The quantitative estimate of drug-likeness (QED) is 0.847. The minimum atomic E-state index is -0.164. The van der Waals surface area contributed by atoms with Gasteiger partial charge in [0.25, 0.3) is 0 Å². The summed E-state index contributed by atoms with van der Waals surface area (Å²) in [5, 5.41) is 2.10. The Morgan fingerprint density at radius 3 is 2.90 bits per heavy atom. The number of ether oxygens (including phenoxy) is 1. The van der Waals surface area contributed by atoms with E-state index in [1.807, 2.05) is 4.90 Å². The molecule has 1 aromatic rings. The summed E-state index contributed by atoms with van der Waals surface area (Å²) in [7, 11) is 2.15. The van der Waals surface area contributed by atoms with Gasteiger partial charge in [-0.25, -0.2) is 4.79 Å². The van der Waals surface area contributed by atoms with E-state index in [0.29, 0.717) is 13.2 Å². The van der Waals surface area contributed by atoms with Crippen LogP contribution in [0.3, 0.4) is 0 Å². The largest absolute Gasteiger partial charge is 0.448 e. The minimum Gasteiger partial charge on any atom is -0.448 e. The van der Waals surface area contributed by atoms with Gasteiger partial charge in [-0.05, 0) is 30.5 Å². The van der Waals surface area contributed by atoms with Gasteiger partial charge in [-0.1, -0.05) is 0 Å². The molecule has 3 rings (SSSR count). The summed E-state index contributed by atoms with van der Waals surface area (Å²) < 4.78 is 5.44. The Morgan fingerprint density at radius 2 is 2.10 bits per heavy atom. The van der Waals surface area contributed by atoms with E-state index in [2.05, 4.69) is 28.3 Å². The van der Waals surface area contributed by atoms with Crippen molar-refractivity contribution in [2.24, 2.45) is 0 Å². The summed E-state index contributed by atoms with van der Waals surface area (Å²) in [5.41, 5.74) is 1.39. The van der Waals surface area contributed by atoms with Crippen molar-refractivity contribution >= 4 is 17.4 Å². The van der Waals surface area contributed by atoms with Crippen molar-refractivity contribution in [1.82, 2.24) is 14.7 Å². The Hall–Kier alpha value is -1.11. The normalized spacial score (nSPS) is 20.3. The summed E-state index contributed by atoms with van der Waals surface area (Å²) in [6.07, 6.45) is 0.787. The van der Waals surface area contributed by atoms with E-state index >= 15 is 0 Å². The summed E-state index contributed by atoms with van der Waals surface area (Å²) in [6.45, 7) is 7.15. The Labute approximate surface area is 130 Å². The fourth-order valence-corrected chi connectivity index (χ4v) is 3.77. The third-order valence-corrected chi connectivity index (χ3v) is 5.26. The number of likely N-dealkylation sites (N-methyl/N-ethyl adjacent to an activating group) is 1. The number of nitrogens with zero attached hydrogens (tertiary/aromatic N) is 3. The summed E-state index contributed by atoms with van der Waals surface area (Å²) in [4.78, 5) is 19.9. The second kappa shape index (κ2) is 6.77. The highest BCUT2D eigenvalue weighted by Crippen LogP contribution is 2.24. The molecule has 0 radical (unpaired) electrons. The number of rotatable bonds is 3. The van der Waals surface area contributed by atoms with Gasteiger partial charge >= 0.3 is 6.09 Å². The first kappa shape index (κ1) is 14.8. The average Bonchev–Trinajstić information content (AvgIpc) is 2.96. The Morgan fingerprint density at radius 1 is 1.29 bits per heavy atom. The molecule has 21 heavy (non-hydrogen) atoms. The zero-order valence-electron chi connectivity index (χ0n) is 12.6. The molecule has 2 aliphatic heterocycles. The van der Waals surface area contributed by atoms with Crippen molar-refractivity contribution < 1.29 is 9.53 Å². The molecule has 5 nitrogen and oxygen atoms in total. The molecular weight excluding hydrogens is 286 g/mol. The van der Waals surface area contributed by atoms with Crippen LogP contribution < -0.4 is 0 Å². The van der Waals surface area contributed by atoms with Crippen molar-refractivity contribution in [3.05, 3.63) is 21.9 Å². The zero-order chi connectivity index (χ0) is 14.7. The molecule has 1 amide bonds. The Kier molecular flexibility index (Phi) is 4.77. The molecule has 0 spiro atoms. The molecule has 1 fully saturated rings. The third-order valence-electron chi connectivity index (χ3n) is 4.31. The predicted molar refractivity (Wildman–Crippen MR) is 83.7 cm³/mol. The van der Waals surface area contributed by atoms with Crippen LogP contribution in [0.15, 0.2) is 11.4 Å². The van der Waals surface area contributed by atoms with Crippen LogP contribution >= 0.6 is 11.3 Å². The van der Waals surface area contributed by atoms with E-state index in [1.165, 1.54) is 10.4 Å². The van der Waals surface area contributed by atoms with Crippen molar-refractivity contribution in [3.8, 4) is 0 Å². The predicted octanol–water partition coefficient (Wildman–Crippen LogP) is 1.49. The second-order valence-electron chi connectivity index (χ2n) is 5.80. The van der Waals surface area contributed by atoms with Crippen LogP contribution in [0.2, 0.25) is 0 Å². The first-order valence-corrected chi connectivity index (χ1v) is 8.48. The number of hydrogen-bond acceptors (Lipinski definition) is 5. The summed E-state index contributed by atoms with van der Waals surface area (Å²) >= 11 is 1.73. The highest BCUT2D eigenvalue weighted by Gasteiger charge is 2.22. The van der Waals surface area contributed by atoms with E-state index in [4.69, 9.17) is 4.74 Å². The number of carbonyl (C=O) groups is 1. The molecule has 0 aromatic carbocycles.